The first kappa shape index (κ1) is 16.8. The average molecular weight is 359 g/mol. The van der Waals surface area contributed by atoms with Gasteiger partial charge < -0.3 is 5.32 Å². The molecule has 126 valence electrons. The Hall–Kier alpha value is -3.06. The number of nitrogens with one attached hydrogen (secondary N) is 1. The molecule has 0 aliphatic carbocycles. The van der Waals surface area contributed by atoms with Gasteiger partial charge in [-0.15, -0.1) is 0 Å². The van der Waals surface area contributed by atoms with Crippen molar-refractivity contribution in [3.8, 4) is 11.4 Å². The first-order valence-electron chi connectivity index (χ1n) is 7.29. The number of rotatable bonds is 5. The summed E-state index contributed by atoms with van der Waals surface area (Å²) in [5.41, 5.74) is 1.01. The first-order valence-corrected chi connectivity index (χ1v) is 7.67. The monoisotopic (exact) mass is 358 g/mol. The highest BCUT2D eigenvalue weighted by Gasteiger charge is 2.13. The molecule has 8 heteroatoms. The molecule has 6 nitrogen and oxygen atoms in total. The molecule has 3 aromatic rings. The van der Waals surface area contributed by atoms with Crippen molar-refractivity contribution in [2.24, 2.45) is 0 Å². The van der Waals surface area contributed by atoms with Crippen LogP contribution >= 0.6 is 11.6 Å². The second-order valence-corrected chi connectivity index (χ2v) is 5.54. The van der Waals surface area contributed by atoms with Crippen LogP contribution in [0.25, 0.3) is 11.4 Å². The average Bonchev–Trinajstić information content (AvgIpc) is 2.59. The SMILES string of the molecule is O=[N+]([O-])c1ccccc1CNc1cc(Cl)nc(-c2cccc(F)c2)n1. The van der Waals surface area contributed by atoms with Crippen LogP contribution in [0.4, 0.5) is 15.9 Å². The fraction of sp³-hybridized carbons (Fsp3) is 0.0588. The molecule has 0 saturated carbocycles. The molecule has 0 unspecified atom stereocenters. The zero-order valence-electron chi connectivity index (χ0n) is 12.8. The predicted octanol–water partition coefficient (Wildman–Crippen LogP) is 4.46. The van der Waals surface area contributed by atoms with Crippen LogP contribution < -0.4 is 5.32 Å². The second-order valence-electron chi connectivity index (χ2n) is 5.15. The lowest BCUT2D eigenvalue weighted by Gasteiger charge is -2.09. The molecular formula is C17H12ClFN4O2. The summed E-state index contributed by atoms with van der Waals surface area (Å²) < 4.78 is 13.4. The molecule has 0 fully saturated rings. The highest BCUT2D eigenvalue weighted by atomic mass is 35.5. The summed E-state index contributed by atoms with van der Waals surface area (Å²) in [4.78, 5) is 19.0. The minimum absolute atomic E-state index is 0.0144. The number of aromatic nitrogens is 2. The Morgan fingerprint density at radius 1 is 1.12 bits per heavy atom. The molecule has 25 heavy (non-hydrogen) atoms. The van der Waals surface area contributed by atoms with Crippen LogP contribution in [0.5, 0.6) is 0 Å². The molecule has 1 heterocycles. The summed E-state index contributed by atoms with van der Waals surface area (Å²) in [6.07, 6.45) is 0. The van der Waals surface area contributed by atoms with Crippen LogP contribution in [0.2, 0.25) is 5.15 Å². The van der Waals surface area contributed by atoms with Gasteiger partial charge in [0.2, 0.25) is 0 Å². The van der Waals surface area contributed by atoms with E-state index in [2.05, 4.69) is 15.3 Å². The third kappa shape index (κ3) is 4.07. The smallest absolute Gasteiger partial charge is 0.274 e. The number of nitro benzene ring substituents is 1. The van der Waals surface area contributed by atoms with Crippen LogP contribution in [0.1, 0.15) is 5.56 Å². The Morgan fingerprint density at radius 3 is 2.68 bits per heavy atom. The standard InChI is InChI=1S/C17H12ClFN4O2/c18-15-9-16(20-10-12-4-1-2-7-14(12)23(24)25)22-17(21-15)11-5-3-6-13(19)8-11/h1-9H,10H2,(H,20,21,22). The Morgan fingerprint density at radius 2 is 1.92 bits per heavy atom. The van der Waals surface area contributed by atoms with Crippen molar-refractivity contribution in [3.05, 3.63) is 81.2 Å². The highest BCUT2D eigenvalue weighted by molar-refractivity contribution is 6.29. The first-order chi connectivity index (χ1) is 12.0. The third-order valence-corrected chi connectivity index (χ3v) is 3.62. The lowest BCUT2D eigenvalue weighted by atomic mass is 10.2. The summed E-state index contributed by atoms with van der Waals surface area (Å²) in [6, 6.07) is 13.7. The van der Waals surface area contributed by atoms with E-state index in [1.807, 2.05) is 0 Å². The van der Waals surface area contributed by atoms with Crippen LogP contribution in [0.15, 0.2) is 54.6 Å². The normalized spacial score (nSPS) is 10.5. The number of para-hydroxylation sites is 1. The fourth-order valence-corrected chi connectivity index (χ4v) is 2.47. The van der Waals surface area contributed by atoms with E-state index < -0.39 is 10.7 Å². The van der Waals surface area contributed by atoms with Gasteiger partial charge >= 0.3 is 0 Å². The number of nitro groups is 1. The van der Waals surface area contributed by atoms with Crippen molar-refractivity contribution in [1.82, 2.24) is 9.97 Å². The maximum atomic E-state index is 13.4. The predicted molar refractivity (Wildman–Crippen MR) is 92.9 cm³/mol. The molecule has 1 aromatic heterocycles. The van der Waals surface area contributed by atoms with E-state index in [9.17, 15) is 14.5 Å². The van der Waals surface area contributed by atoms with Crippen LogP contribution in [0, 0.1) is 15.9 Å². The van der Waals surface area contributed by atoms with Gasteiger partial charge in [-0.25, -0.2) is 14.4 Å². The van der Waals surface area contributed by atoms with Crippen molar-refractivity contribution < 1.29 is 9.31 Å². The van der Waals surface area contributed by atoms with Crippen molar-refractivity contribution in [3.63, 3.8) is 0 Å². The van der Waals surface area contributed by atoms with E-state index in [0.29, 0.717) is 16.9 Å². The number of hydrogen-bond donors (Lipinski definition) is 1. The van der Waals surface area contributed by atoms with Gasteiger partial charge in [0.25, 0.3) is 5.69 Å². The van der Waals surface area contributed by atoms with Crippen molar-refractivity contribution in [2.75, 3.05) is 5.32 Å². The lowest BCUT2D eigenvalue weighted by Crippen LogP contribution is -2.05. The van der Waals surface area contributed by atoms with E-state index in [-0.39, 0.29) is 23.2 Å². The van der Waals surface area contributed by atoms with E-state index in [0.717, 1.165) is 0 Å². The molecule has 0 amide bonds. The molecular weight excluding hydrogens is 347 g/mol. The zero-order chi connectivity index (χ0) is 17.8. The van der Waals surface area contributed by atoms with Crippen LogP contribution in [-0.2, 0) is 6.54 Å². The molecule has 0 bridgehead atoms. The van der Waals surface area contributed by atoms with Gasteiger partial charge in [-0.05, 0) is 12.1 Å². The van der Waals surface area contributed by atoms with Crippen LogP contribution in [0.3, 0.4) is 0 Å². The van der Waals surface area contributed by atoms with Gasteiger partial charge in [0.15, 0.2) is 5.82 Å². The molecule has 0 aliphatic heterocycles. The fourth-order valence-electron chi connectivity index (χ4n) is 2.29. The maximum Gasteiger partial charge on any atom is 0.274 e. The quantitative estimate of drug-likeness (QED) is 0.414. The number of halogens is 2. The summed E-state index contributed by atoms with van der Waals surface area (Å²) in [5.74, 6) is 0.241. The van der Waals surface area contributed by atoms with Crippen molar-refractivity contribution >= 4 is 23.1 Å². The zero-order valence-corrected chi connectivity index (χ0v) is 13.6. The summed E-state index contributed by atoms with van der Waals surface area (Å²) in [6.45, 7) is 0.188. The summed E-state index contributed by atoms with van der Waals surface area (Å²) >= 11 is 6.01. The Kier molecular flexibility index (Phi) is 4.85. The molecule has 3 rings (SSSR count). The molecule has 1 N–H and O–H groups in total. The van der Waals surface area contributed by atoms with Gasteiger partial charge in [-0.2, -0.15) is 0 Å². The minimum atomic E-state index is -0.442. The summed E-state index contributed by atoms with van der Waals surface area (Å²) in [5, 5.41) is 14.2. The third-order valence-electron chi connectivity index (χ3n) is 3.43. The minimum Gasteiger partial charge on any atom is -0.366 e. The molecule has 0 atom stereocenters. The Balaban J connectivity index is 1.86. The largest absolute Gasteiger partial charge is 0.366 e. The van der Waals surface area contributed by atoms with Crippen molar-refractivity contribution in [1.29, 1.82) is 0 Å². The Bertz CT molecular complexity index is 936. The van der Waals surface area contributed by atoms with Crippen molar-refractivity contribution in [2.45, 2.75) is 6.54 Å². The van der Waals surface area contributed by atoms with E-state index in [1.54, 1.807) is 30.3 Å². The second kappa shape index (κ2) is 7.23. The highest BCUT2D eigenvalue weighted by Crippen LogP contribution is 2.23. The molecule has 0 radical (unpaired) electrons. The Labute approximate surface area is 147 Å². The molecule has 2 aromatic carbocycles. The number of hydrogen-bond acceptors (Lipinski definition) is 5. The molecule has 0 spiro atoms. The number of anilines is 1. The number of nitrogens with zero attached hydrogens (tertiary/aromatic N) is 3. The number of benzene rings is 2. The van der Waals surface area contributed by atoms with Gasteiger partial charge in [0.05, 0.1) is 4.92 Å². The maximum absolute atomic E-state index is 13.4. The lowest BCUT2D eigenvalue weighted by molar-refractivity contribution is -0.385. The topological polar surface area (TPSA) is 81.0 Å². The van der Waals surface area contributed by atoms with E-state index in [1.165, 1.54) is 24.3 Å². The summed E-state index contributed by atoms with van der Waals surface area (Å²) in [7, 11) is 0. The van der Waals surface area contributed by atoms with Gasteiger partial charge in [0.1, 0.15) is 16.8 Å². The molecule has 0 aliphatic rings. The van der Waals surface area contributed by atoms with Gasteiger partial charge in [-0.3, -0.25) is 10.1 Å². The van der Waals surface area contributed by atoms with E-state index in [4.69, 9.17) is 11.6 Å². The van der Waals surface area contributed by atoms with E-state index >= 15 is 0 Å². The van der Waals surface area contributed by atoms with Gasteiger partial charge in [-0.1, -0.05) is 41.9 Å². The van der Waals surface area contributed by atoms with Crippen LogP contribution in [-0.4, -0.2) is 14.9 Å². The molecule has 0 saturated heterocycles. The van der Waals surface area contributed by atoms with Gasteiger partial charge in [0, 0.05) is 29.8 Å².